The van der Waals surface area contributed by atoms with E-state index in [-0.39, 0.29) is 12.2 Å². The summed E-state index contributed by atoms with van der Waals surface area (Å²) in [6.07, 6.45) is 3.18. The first-order valence-corrected chi connectivity index (χ1v) is 14.1. The molecule has 1 atom stereocenters. The Bertz CT molecular complexity index is 1610. The molecule has 36 heavy (non-hydrogen) atoms. The number of thiazole rings is 1. The summed E-state index contributed by atoms with van der Waals surface area (Å²) >= 11 is 6.25. The minimum Gasteiger partial charge on any atom is -0.463 e. The number of hydrogen-bond acceptors (Lipinski definition) is 7. The smallest absolute Gasteiger partial charge is 0.338 e. The zero-order valence-corrected chi connectivity index (χ0v) is 22.9. The van der Waals surface area contributed by atoms with Gasteiger partial charge in [0.05, 0.1) is 22.4 Å². The largest absolute Gasteiger partial charge is 0.463 e. The number of fused-ring (bicyclic) bond motifs is 1. The fraction of sp³-hybridized carbons (Fsp3) is 0.222. The fourth-order valence-corrected chi connectivity index (χ4v) is 6.25. The molecule has 0 fully saturated rings. The quantitative estimate of drug-likeness (QED) is 0.263. The van der Waals surface area contributed by atoms with Gasteiger partial charge < -0.3 is 9.15 Å². The Balaban J connectivity index is 1.64. The van der Waals surface area contributed by atoms with Crippen LogP contribution >= 0.6 is 38.6 Å². The number of allylic oxidation sites excluding steroid dienone is 1. The molecule has 0 bridgehead atoms. The Morgan fingerprint density at radius 2 is 2.00 bits per heavy atom. The molecular weight excluding hydrogens is 560 g/mol. The molecule has 1 aliphatic rings. The summed E-state index contributed by atoms with van der Waals surface area (Å²) in [4.78, 5) is 33.0. The van der Waals surface area contributed by atoms with E-state index in [0.717, 1.165) is 21.3 Å². The number of aromatic nitrogens is 1. The summed E-state index contributed by atoms with van der Waals surface area (Å²) in [6.45, 7) is 4.07. The molecule has 0 saturated carbocycles. The summed E-state index contributed by atoms with van der Waals surface area (Å²) in [5, 5.41) is 1.94. The van der Waals surface area contributed by atoms with Crippen LogP contribution in [0.25, 0.3) is 17.4 Å². The average molecular weight is 584 g/mol. The van der Waals surface area contributed by atoms with Gasteiger partial charge in [0.2, 0.25) is 0 Å². The highest BCUT2D eigenvalue weighted by molar-refractivity contribution is 9.10. The van der Waals surface area contributed by atoms with Crippen LogP contribution in [0.5, 0.6) is 0 Å². The van der Waals surface area contributed by atoms with Crippen molar-refractivity contribution < 1.29 is 13.9 Å². The third-order valence-corrected chi connectivity index (χ3v) is 8.17. The van der Waals surface area contributed by atoms with E-state index in [1.165, 1.54) is 22.7 Å². The van der Waals surface area contributed by atoms with Gasteiger partial charge in [0.15, 0.2) is 4.80 Å². The zero-order valence-electron chi connectivity index (χ0n) is 19.7. The van der Waals surface area contributed by atoms with Crippen molar-refractivity contribution in [1.29, 1.82) is 0 Å². The number of ether oxygens (including phenoxy) is 1. The van der Waals surface area contributed by atoms with E-state index >= 15 is 0 Å². The SMILES string of the molecule is CCCC1=C(C(=O)OCC)C(c2cccs2)n2c(s/c(=C\c3ccc(-c4ccc(Br)cc4)o3)c2=O)=N1. The second-order valence-corrected chi connectivity index (χ2v) is 11.0. The predicted molar refractivity (Wildman–Crippen MR) is 146 cm³/mol. The topological polar surface area (TPSA) is 73.8 Å². The lowest BCUT2D eigenvalue weighted by Gasteiger charge is -2.24. The molecule has 1 aliphatic heterocycles. The van der Waals surface area contributed by atoms with Crippen LogP contribution in [0.4, 0.5) is 0 Å². The van der Waals surface area contributed by atoms with Gasteiger partial charge >= 0.3 is 5.97 Å². The monoisotopic (exact) mass is 582 g/mol. The van der Waals surface area contributed by atoms with Gasteiger partial charge in [-0.25, -0.2) is 9.79 Å². The van der Waals surface area contributed by atoms with Crippen LogP contribution in [-0.2, 0) is 9.53 Å². The molecule has 0 amide bonds. The first kappa shape index (κ1) is 24.7. The minimum atomic E-state index is -0.570. The van der Waals surface area contributed by atoms with Crippen LogP contribution in [0.3, 0.4) is 0 Å². The number of carbonyl (C=O) groups excluding carboxylic acids is 1. The second kappa shape index (κ2) is 10.5. The summed E-state index contributed by atoms with van der Waals surface area (Å²) in [5.74, 6) is 0.861. The van der Waals surface area contributed by atoms with Crippen molar-refractivity contribution in [2.45, 2.75) is 32.7 Å². The summed E-state index contributed by atoms with van der Waals surface area (Å²) < 4.78 is 14.5. The number of furan rings is 1. The van der Waals surface area contributed by atoms with Crippen molar-refractivity contribution in [2.24, 2.45) is 4.99 Å². The summed E-state index contributed by atoms with van der Waals surface area (Å²) in [6, 6.07) is 14.9. The van der Waals surface area contributed by atoms with Gasteiger partial charge in [-0.15, -0.1) is 11.3 Å². The van der Waals surface area contributed by atoms with E-state index in [2.05, 4.69) is 15.9 Å². The Morgan fingerprint density at radius 1 is 1.19 bits per heavy atom. The molecule has 0 N–H and O–H groups in total. The fourth-order valence-electron chi connectivity index (χ4n) is 4.17. The third-order valence-electron chi connectivity index (χ3n) is 5.73. The summed E-state index contributed by atoms with van der Waals surface area (Å²) in [7, 11) is 0. The number of benzene rings is 1. The van der Waals surface area contributed by atoms with E-state index in [4.69, 9.17) is 14.1 Å². The maximum Gasteiger partial charge on any atom is 0.338 e. The molecule has 4 heterocycles. The number of thiophene rings is 1. The molecule has 6 nitrogen and oxygen atoms in total. The van der Waals surface area contributed by atoms with E-state index in [1.54, 1.807) is 17.6 Å². The van der Waals surface area contributed by atoms with E-state index < -0.39 is 12.0 Å². The van der Waals surface area contributed by atoms with Gasteiger partial charge in [-0.1, -0.05) is 58.8 Å². The molecule has 0 spiro atoms. The number of nitrogens with zero attached hydrogens (tertiary/aromatic N) is 2. The van der Waals surface area contributed by atoms with E-state index in [0.29, 0.717) is 38.5 Å². The zero-order chi connectivity index (χ0) is 25.2. The van der Waals surface area contributed by atoms with Crippen LogP contribution in [-0.4, -0.2) is 17.1 Å². The third kappa shape index (κ3) is 4.70. The van der Waals surface area contributed by atoms with E-state index in [9.17, 15) is 9.59 Å². The molecule has 1 aromatic carbocycles. The highest BCUT2D eigenvalue weighted by Gasteiger charge is 2.34. The number of hydrogen-bond donors (Lipinski definition) is 0. The molecule has 0 radical (unpaired) electrons. The first-order chi connectivity index (χ1) is 17.5. The first-order valence-electron chi connectivity index (χ1n) is 11.6. The van der Waals surface area contributed by atoms with Crippen LogP contribution < -0.4 is 14.9 Å². The van der Waals surface area contributed by atoms with Crippen LogP contribution in [0, 0.1) is 0 Å². The van der Waals surface area contributed by atoms with Crippen molar-refractivity contribution in [1.82, 2.24) is 4.57 Å². The van der Waals surface area contributed by atoms with Gasteiger partial charge in [0.25, 0.3) is 5.56 Å². The standard InChI is InChI=1S/C27H23BrN2O4S2/c1-3-6-19-23(26(32)33-4-2)24(21-7-5-14-35-21)30-25(31)22(36-27(30)29-19)15-18-12-13-20(34-18)16-8-10-17(28)11-9-16/h5,7-15,24H,3-4,6H2,1-2H3/b22-15-. The lowest BCUT2D eigenvalue weighted by Crippen LogP contribution is -2.39. The van der Waals surface area contributed by atoms with Crippen molar-refractivity contribution in [2.75, 3.05) is 6.61 Å². The summed E-state index contributed by atoms with van der Waals surface area (Å²) in [5.41, 5.74) is 1.85. The lowest BCUT2D eigenvalue weighted by atomic mass is 9.99. The van der Waals surface area contributed by atoms with Crippen molar-refractivity contribution >= 4 is 50.6 Å². The number of rotatable bonds is 7. The molecule has 9 heteroatoms. The Labute approximate surface area is 224 Å². The van der Waals surface area contributed by atoms with Crippen LogP contribution in [0.2, 0.25) is 0 Å². The van der Waals surface area contributed by atoms with Crippen LogP contribution in [0.1, 0.15) is 43.4 Å². The van der Waals surface area contributed by atoms with E-state index in [1.807, 2.05) is 60.8 Å². The van der Waals surface area contributed by atoms with Crippen molar-refractivity contribution in [3.63, 3.8) is 0 Å². The van der Waals surface area contributed by atoms with Gasteiger partial charge in [0, 0.05) is 21.0 Å². The molecule has 0 saturated heterocycles. The van der Waals surface area contributed by atoms with Gasteiger partial charge in [-0.3, -0.25) is 9.36 Å². The maximum atomic E-state index is 13.7. The average Bonchev–Trinajstić information content (AvgIpc) is 3.61. The lowest BCUT2D eigenvalue weighted by molar-refractivity contribution is -0.139. The number of carbonyl (C=O) groups is 1. The minimum absolute atomic E-state index is 0.212. The van der Waals surface area contributed by atoms with Gasteiger partial charge in [-0.05, 0) is 49.1 Å². The van der Waals surface area contributed by atoms with Crippen LogP contribution in [0.15, 0.2) is 83.9 Å². The highest BCUT2D eigenvalue weighted by atomic mass is 79.9. The number of esters is 1. The van der Waals surface area contributed by atoms with Crippen molar-refractivity contribution in [3.8, 4) is 11.3 Å². The Hall–Kier alpha value is -3.01. The molecule has 0 aliphatic carbocycles. The molecule has 184 valence electrons. The van der Waals surface area contributed by atoms with Gasteiger partial charge in [-0.2, -0.15) is 0 Å². The number of halogens is 1. The highest BCUT2D eigenvalue weighted by Crippen LogP contribution is 2.34. The second-order valence-electron chi connectivity index (χ2n) is 8.14. The Kier molecular flexibility index (Phi) is 7.22. The maximum absolute atomic E-state index is 13.7. The molecule has 3 aromatic heterocycles. The normalized spacial score (nSPS) is 15.6. The predicted octanol–water partition coefficient (Wildman–Crippen LogP) is 5.66. The van der Waals surface area contributed by atoms with Gasteiger partial charge in [0.1, 0.15) is 17.6 Å². The Morgan fingerprint density at radius 3 is 2.69 bits per heavy atom. The molecule has 5 rings (SSSR count). The van der Waals surface area contributed by atoms with Crippen molar-refractivity contribution in [3.05, 3.63) is 100.0 Å². The molecule has 4 aromatic rings. The molecule has 1 unspecified atom stereocenters. The molecular formula is C27H23BrN2O4S2.